The first kappa shape index (κ1) is 25.1. The first-order valence-electron chi connectivity index (χ1n) is 11.8. The zero-order valence-corrected chi connectivity index (χ0v) is 21.1. The summed E-state index contributed by atoms with van der Waals surface area (Å²) in [5.41, 5.74) is 4.01. The van der Waals surface area contributed by atoms with E-state index in [0.717, 1.165) is 22.3 Å². The number of nitrogens with one attached hydrogen (secondary N) is 1. The summed E-state index contributed by atoms with van der Waals surface area (Å²) < 4.78 is 5.64. The summed E-state index contributed by atoms with van der Waals surface area (Å²) in [6.07, 6.45) is 1.74. The molecular weight excluding hydrogens is 464 g/mol. The van der Waals surface area contributed by atoms with Crippen molar-refractivity contribution < 1.29 is 24.2 Å². The lowest BCUT2D eigenvalue weighted by atomic mass is 9.82. The SMILES string of the molecule is CSCC[C@H](NC(=O)OCC1c2ccccc2-c2ccccc21)C(=O)N1CC(C(=O)O)C(C)(C)C1. The van der Waals surface area contributed by atoms with Crippen molar-refractivity contribution in [3.8, 4) is 11.1 Å². The van der Waals surface area contributed by atoms with Crippen LogP contribution in [0.25, 0.3) is 11.1 Å². The Morgan fingerprint density at radius 3 is 2.26 bits per heavy atom. The summed E-state index contributed by atoms with van der Waals surface area (Å²) in [6.45, 7) is 4.36. The van der Waals surface area contributed by atoms with Gasteiger partial charge in [0.1, 0.15) is 12.6 Å². The Balaban J connectivity index is 1.42. The maximum Gasteiger partial charge on any atom is 0.407 e. The van der Waals surface area contributed by atoms with E-state index >= 15 is 0 Å². The Labute approximate surface area is 210 Å². The van der Waals surface area contributed by atoms with Gasteiger partial charge in [0, 0.05) is 19.0 Å². The third-order valence-electron chi connectivity index (χ3n) is 7.10. The van der Waals surface area contributed by atoms with Crippen molar-refractivity contribution in [1.29, 1.82) is 0 Å². The van der Waals surface area contributed by atoms with Crippen LogP contribution in [0.3, 0.4) is 0 Å². The van der Waals surface area contributed by atoms with E-state index in [4.69, 9.17) is 4.74 Å². The second-order valence-corrected chi connectivity index (χ2v) is 10.9. The predicted octanol–water partition coefficient (Wildman–Crippen LogP) is 4.22. The van der Waals surface area contributed by atoms with Gasteiger partial charge in [0.15, 0.2) is 0 Å². The fourth-order valence-corrected chi connectivity index (χ4v) is 5.68. The van der Waals surface area contributed by atoms with Crippen LogP contribution in [0.2, 0.25) is 0 Å². The molecule has 0 saturated carbocycles. The quantitative estimate of drug-likeness (QED) is 0.568. The standard InChI is InChI=1S/C27H32N2O5S/c1-27(2)16-29(14-22(27)25(31)32)24(30)23(12-13-35-3)28-26(33)34-15-21-19-10-6-4-8-17(19)18-9-5-7-11-20(18)21/h4-11,21-23H,12-16H2,1-3H3,(H,28,33)(H,31,32)/t22?,23-/m0/s1. The molecule has 0 bridgehead atoms. The minimum absolute atomic E-state index is 0.0656. The minimum Gasteiger partial charge on any atom is -0.481 e. The number of thioether (sulfide) groups is 1. The molecule has 1 heterocycles. The number of carboxylic acid groups (broad SMARTS) is 1. The van der Waals surface area contributed by atoms with Crippen molar-refractivity contribution in [2.24, 2.45) is 11.3 Å². The smallest absolute Gasteiger partial charge is 0.407 e. The van der Waals surface area contributed by atoms with Gasteiger partial charge < -0.3 is 20.1 Å². The molecule has 35 heavy (non-hydrogen) atoms. The van der Waals surface area contributed by atoms with Crippen LogP contribution < -0.4 is 5.32 Å². The van der Waals surface area contributed by atoms with Gasteiger partial charge in [-0.25, -0.2) is 4.79 Å². The number of hydrogen-bond donors (Lipinski definition) is 2. The molecule has 1 aliphatic heterocycles. The number of ether oxygens (including phenoxy) is 1. The highest BCUT2D eigenvalue weighted by Gasteiger charge is 2.46. The number of benzene rings is 2. The van der Waals surface area contributed by atoms with Gasteiger partial charge in [-0.2, -0.15) is 11.8 Å². The second-order valence-electron chi connectivity index (χ2n) is 9.90. The maximum atomic E-state index is 13.3. The zero-order chi connectivity index (χ0) is 25.2. The van der Waals surface area contributed by atoms with Crippen molar-refractivity contribution in [3.05, 3.63) is 59.7 Å². The Bertz CT molecular complexity index is 1070. The molecule has 2 amide bonds. The van der Waals surface area contributed by atoms with Gasteiger partial charge in [0.05, 0.1) is 5.92 Å². The number of nitrogens with zero attached hydrogens (tertiary/aromatic N) is 1. The van der Waals surface area contributed by atoms with Crippen molar-refractivity contribution >= 4 is 29.7 Å². The van der Waals surface area contributed by atoms with Crippen LogP contribution in [0.1, 0.15) is 37.3 Å². The largest absolute Gasteiger partial charge is 0.481 e. The van der Waals surface area contributed by atoms with E-state index in [1.807, 2.05) is 44.4 Å². The third-order valence-corrected chi connectivity index (χ3v) is 7.74. The second kappa shape index (κ2) is 10.3. The van der Waals surface area contributed by atoms with Crippen LogP contribution in [-0.2, 0) is 14.3 Å². The molecule has 1 aliphatic carbocycles. The van der Waals surface area contributed by atoms with Gasteiger partial charge in [-0.1, -0.05) is 62.4 Å². The van der Waals surface area contributed by atoms with Gasteiger partial charge in [0.2, 0.25) is 5.91 Å². The lowest BCUT2D eigenvalue weighted by Gasteiger charge is -2.25. The first-order chi connectivity index (χ1) is 16.7. The fourth-order valence-electron chi connectivity index (χ4n) is 5.21. The molecule has 0 aromatic heterocycles. The van der Waals surface area contributed by atoms with Crippen LogP contribution in [0.5, 0.6) is 0 Å². The molecular formula is C27H32N2O5S. The first-order valence-corrected chi connectivity index (χ1v) is 13.2. The Morgan fingerprint density at radius 1 is 1.11 bits per heavy atom. The van der Waals surface area contributed by atoms with Crippen molar-refractivity contribution in [1.82, 2.24) is 10.2 Å². The highest BCUT2D eigenvalue weighted by Crippen LogP contribution is 2.44. The Hall–Kier alpha value is -3.00. The molecule has 2 aromatic carbocycles. The van der Waals surface area contributed by atoms with E-state index in [2.05, 4.69) is 29.6 Å². The van der Waals surface area contributed by atoms with Gasteiger partial charge in [-0.05, 0) is 46.1 Å². The summed E-state index contributed by atoms with van der Waals surface area (Å²) >= 11 is 1.58. The van der Waals surface area contributed by atoms with Crippen molar-refractivity contribution in [2.75, 3.05) is 31.7 Å². The van der Waals surface area contributed by atoms with Crippen LogP contribution in [0.4, 0.5) is 4.79 Å². The molecule has 0 spiro atoms. The number of aliphatic carboxylic acids is 1. The highest BCUT2D eigenvalue weighted by atomic mass is 32.2. The van der Waals surface area contributed by atoms with E-state index in [9.17, 15) is 19.5 Å². The molecule has 7 nitrogen and oxygen atoms in total. The third kappa shape index (κ3) is 5.17. The number of carbonyl (C=O) groups is 3. The number of alkyl carbamates (subject to hydrolysis) is 1. The minimum atomic E-state index is -0.907. The number of carbonyl (C=O) groups excluding carboxylic acids is 2. The summed E-state index contributed by atoms with van der Waals surface area (Å²) in [7, 11) is 0. The molecule has 1 unspecified atom stereocenters. The molecule has 2 atom stereocenters. The maximum absolute atomic E-state index is 13.3. The predicted molar refractivity (Wildman–Crippen MR) is 136 cm³/mol. The zero-order valence-electron chi connectivity index (χ0n) is 20.3. The summed E-state index contributed by atoms with van der Waals surface area (Å²) in [5, 5.41) is 12.3. The number of likely N-dealkylation sites (tertiary alicyclic amines) is 1. The van der Waals surface area contributed by atoms with Gasteiger partial charge >= 0.3 is 12.1 Å². The lowest BCUT2D eigenvalue weighted by Crippen LogP contribution is -2.49. The van der Waals surface area contributed by atoms with Gasteiger partial charge in [0.25, 0.3) is 0 Å². The molecule has 8 heteroatoms. The van der Waals surface area contributed by atoms with E-state index in [-0.39, 0.29) is 25.0 Å². The number of hydrogen-bond acceptors (Lipinski definition) is 5. The molecule has 2 aromatic rings. The molecule has 0 radical (unpaired) electrons. The molecule has 2 N–H and O–H groups in total. The van der Waals surface area contributed by atoms with Crippen molar-refractivity contribution in [2.45, 2.75) is 32.2 Å². The van der Waals surface area contributed by atoms with Crippen molar-refractivity contribution in [3.63, 3.8) is 0 Å². The van der Waals surface area contributed by atoms with Crippen LogP contribution in [-0.4, -0.2) is 65.7 Å². The molecule has 1 fully saturated rings. The van der Waals surface area contributed by atoms with Crippen LogP contribution >= 0.6 is 11.8 Å². The summed E-state index contributed by atoms with van der Waals surface area (Å²) in [5.74, 6) is -1.19. The number of rotatable bonds is 8. The van der Waals surface area contributed by atoms with Gasteiger partial charge in [-0.3, -0.25) is 9.59 Å². The highest BCUT2D eigenvalue weighted by molar-refractivity contribution is 7.98. The number of fused-ring (bicyclic) bond motifs is 3. The average molecular weight is 497 g/mol. The monoisotopic (exact) mass is 496 g/mol. The van der Waals surface area contributed by atoms with E-state index in [1.165, 1.54) is 0 Å². The molecule has 4 rings (SSSR count). The van der Waals surface area contributed by atoms with Gasteiger partial charge in [-0.15, -0.1) is 0 Å². The van der Waals surface area contributed by atoms with E-state index < -0.39 is 29.4 Å². The van der Waals surface area contributed by atoms with E-state index in [1.54, 1.807) is 16.7 Å². The van der Waals surface area contributed by atoms with Crippen LogP contribution in [0, 0.1) is 11.3 Å². The van der Waals surface area contributed by atoms with Crippen LogP contribution in [0.15, 0.2) is 48.5 Å². The molecule has 2 aliphatic rings. The fraction of sp³-hybridized carbons (Fsp3) is 0.444. The molecule has 186 valence electrons. The lowest BCUT2D eigenvalue weighted by molar-refractivity contribution is -0.144. The average Bonchev–Trinajstić information content (AvgIpc) is 3.34. The Kier molecular flexibility index (Phi) is 7.40. The normalized spacial score (nSPS) is 19.1. The van der Waals surface area contributed by atoms with E-state index in [0.29, 0.717) is 18.7 Å². The number of carboxylic acids is 1. The topological polar surface area (TPSA) is 95.9 Å². The Morgan fingerprint density at radius 2 is 1.71 bits per heavy atom. The summed E-state index contributed by atoms with van der Waals surface area (Å²) in [4.78, 5) is 39.3. The summed E-state index contributed by atoms with van der Waals surface area (Å²) in [6, 6.07) is 15.5. The number of amides is 2. The molecule has 1 saturated heterocycles.